The van der Waals surface area contributed by atoms with Crippen molar-refractivity contribution in [3.05, 3.63) is 35.9 Å². The lowest BCUT2D eigenvalue weighted by molar-refractivity contribution is -0.416. The van der Waals surface area contributed by atoms with Gasteiger partial charge in [0.05, 0.1) is 0 Å². The lowest BCUT2D eigenvalue weighted by Gasteiger charge is -2.40. The zero-order valence-electron chi connectivity index (χ0n) is 18.2. The Balaban J connectivity index is 3.25. The zero-order valence-corrected chi connectivity index (χ0v) is 18.2. The van der Waals surface area contributed by atoms with Crippen molar-refractivity contribution in [3.8, 4) is 0 Å². The lowest BCUT2D eigenvalue weighted by atomic mass is 9.91. The zero-order chi connectivity index (χ0) is 28.2. The Bertz CT molecular complexity index is 906. The number of carbonyl (C=O) groups excluding carboxylic acids is 2. The highest BCUT2D eigenvalue weighted by Crippen LogP contribution is 2.60. The van der Waals surface area contributed by atoms with Crippen LogP contribution < -0.4 is 5.32 Å². The Morgan fingerprint density at radius 1 is 0.722 bits per heavy atom. The van der Waals surface area contributed by atoms with Crippen LogP contribution in [0.1, 0.15) is 31.7 Å². The molecule has 0 radical (unpaired) electrons. The van der Waals surface area contributed by atoms with Crippen LogP contribution in [0, 0.1) is 0 Å². The maximum atomic E-state index is 13.9. The molecule has 1 N–H and O–H groups in total. The van der Waals surface area contributed by atoms with Gasteiger partial charge in [0, 0.05) is 6.54 Å². The van der Waals surface area contributed by atoms with E-state index < -0.39 is 60.6 Å². The van der Waals surface area contributed by atoms with Crippen LogP contribution in [0.5, 0.6) is 0 Å². The van der Waals surface area contributed by atoms with E-state index in [1.807, 2.05) is 0 Å². The Morgan fingerprint density at radius 2 is 1.19 bits per heavy atom. The highest BCUT2D eigenvalue weighted by Gasteiger charge is 2.92. The topological polar surface area (TPSA) is 55.4 Å². The molecule has 0 saturated heterocycles. The quantitative estimate of drug-likeness (QED) is 0.191. The van der Waals surface area contributed by atoms with E-state index in [1.165, 1.54) is 18.2 Å². The summed E-state index contributed by atoms with van der Waals surface area (Å²) < 4.78 is 170. The van der Waals surface area contributed by atoms with Crippen molar-refractivity contribution in [1.29, 1.82) is 0 Å². The average Bonchev–Trinajstić information content (AvgIpc) is 2.79. The second-order valence-electron chi connectivity index (χ2n) is 7.47. The van der Waals surface area contributed by atoms with Crippen LogP contribution in [0.3, 0.4) is 0 Å². The number of unbranched alkanes of at least 4 members (excludes halogenated alkanes) is 2. The summed E-state index contributed by atoms with van der Waals surface area (Å²) >= 11 is 0. The van der Waals surface area contributed by atoms with Gasteiger partial charge < -0.3 is 10.1 Å². The maximum Gasteiger partial charge on any atom is 0.410 e. The summed E-state index contributed by atoms with van der Waals surface area (Å²) in [6.45, 7) is -0.470. The monoisotopic (exact) mass is 549 g/mol. The minimum absolute atomic E-state index is 0.133. The third kappa shape index (κ3) is 5.36. The van der Waals surface area contributed by atoms with Crippen LogP contribution >= 0.6 is 0 Å². The summed E-state index contributed by atoms with van der Waals surface area (Å²) in [5, 5.41) is 1.05. The van der Waals surface area contributed by atoms with Gasteiger partial charge in [-0.3, -0.25) is 4.79 Å². The Kier molecular flexibility index (Phi) is 9.36. The highest BCUT2D eigenvalue weighted by molar-refractivity contribution is 5.85. The summed E-state index contributed by atoms with van der Waals surface area (Å²) in [7, 11) is 0. The molecule has 1 amide bonds. The van der Waals surface area contributed by atoms with E-state index in [0.717, 1.165) is 17.4 Å². The van der Waals surface area contributed by atoms with Gasteiger partial charge in [0.1, 0.15) is 6.61 Å². The second-order valence-corrected chi connectivity index (χ2v) is 7.47. The van der Waals surface area contributed by atoms with E-state index in [0.29, 0.717) is 6.42 Å². The Morgan fingerprint density at radius 3 is 1.67 bits per heavy atom. The molecule has 16 heteroatoms. The number of hydrogen-bond donors (Lipinski definition) is 1. The van der Waals surface area contributed by atoms with Crippen LogP contribution in [0.2, 0.25) is 0 Å². The molecule has 0 aliphatic rings. The molecule has 0 aliphatic heterocycles. The predicted molar refractivity (Wildman–Crippen MR) is 98.5 cm³/mol. The molecule has 36 heavy (non-hydrogen) atoms. The van der Waals surface area contributed by atoms with E-state index in [9.17, 15) is 62.3 Å². The van der Waals surface area contributed by atoms with Crippen LogP contribution in [0.4, 0.5) is 52.7 Å². The largest absolute Gasteiger partial charge is 0.456 e. The number of ether oxygens (including phenoxy) is 1. The number of rotatable bonds is 13. The minimum Gasteiger partial charge on any atom is -0.456 e. The minimum atomic E-state index is -8.00. The predicted octanol–water partition coefficient (Wildman–Crippen LogP) is 5.85. The number of alkyl halides is 12. The number of halogens is 12. The van der Waals surface area contributed by atoms with Crippen LogP contribution in [0.15, 0.2) is 30.3 Å². The summed E-state index contributed by atoms with van der Waals surface area (Å²) in [4.78, 5) is 22.6. The molecule has 0 aliphatic carbocycles. The molecule has 1 rings (SSSR count). The smallest absolute Gasteiger partial charge is 0.410 e. The maximum absolute atomic E-state index is 13.9. The van der Waals surface area contributed by atoms with Crippen LogP contribution in [-0.2, 0) is 20.9 Å². The Hall–Kier alpha value is -2.68. The van der Waals surface area contributed by atoms with Gasteiger partial charge in [0.15, 0.2) is 0 Å². The SMILES string of the molecule is CCCCCNC(=O)C(F)(F)C(F)(F)C(F)(F)C(F)(F)C(F)(F)C(F)(F)C(=O)OCc1ccccc1. The van der Waals surface area contributed by atoms with E-state index in [4.69, 9.17) is 0 Å². The second kappa shape index (κ2) is 10.7. The van der Waals surface area contributed by atoms with Gasteiger partial charge in [0.25, 0.3) is 5.91 Å². The first-order valence-electron chi connectivity index (χ1n) is 9.99. The molecule has 0 fully saturated rings. The van der Waals surface area contributed by atoms with E-state index in [-0.39, 0.29) is 18.4 Å². The fourth-order valence-electron chi connectivity index (χ4n) is 2.56. The molecule has 0 atom stereocenters. The molecule has 206 valence electrons. The molecule has 0 saturated carbocycles. The molecular weight excluding hydrogens is 530 g/mol. The van der Waals surface area contributed by atoms with Gasteiger partial charge in [-0.15, -0.1) is 0 Å². The highest BCUT2D eigenvalue weighted by atomic mass is 19.4. The number of benzene rings is 1. The summed E-state index contributed by atoms with van der Waals surface area (Å²) in [5.41, 5.74) is -0.154. The normalized spacial score (nSPS) is 13.9. The van der Waals surface area contributed by atoms with E-state index in [1.54, 1.807) is 6.92 Å². The average molecular weight is 549 g/mol. The fraction of sp³-hybridized carbons (Fsp3) is 0.600. The number of esters is 1. The van der Waals surface area contributed by atoms with E-state index in [2.05, 4.69) is 4.74 Å². The first-order chi connectivity index (χ1) is 16.2. The van der Waals surface area contributed by atoms with Crippen molar-refractivity contribution in [3.63, 3.8) is 0 Å². The molecule has 0 aromatic heterocycles. The molecule has 4 nitrogen and oxygen atoms in total. The van der Waals surface area contributed by atoms with Crippen molar-refractivity contribution in [2.45, 2.75) is 68.3 Å². The first-order valence-corrected chi connectivity index (χ1v) is 9.99. The van der Waals surface area contributed by atoms with Crippen molar-refractivity contribution < 1.29 is 67.0 Å². The molecule has 1 aromatic carbocycles. The number of hydrogen-bond acceptors (Lipinski definition) is 3. The standard InChI is InChI=1S/C20H19F12NO3/c1-2-3-7-10-33-13(34)15(21,22)17(25,26)19(29,30)20(31,32)18(27,28)16(23,24)14(35)36-11-12-8-5-4-6-9-12/h4-6,8-9H,2-3,7,10-11H2,1H3,(H,33,34). The Labute approximate surface area is 196 Å². The van der Waals surface area contributed by atoms with Crippen LogP contribution in [-0.4, -0.2) is 54.0 Å². The van der Waals surface area contributed by atoms with Gasteiger partial charge >= 0.3 is 41.5 Å². The first kappa shape index (κ1) is 31.4. The summed E-state index contributed by atoms with van der Waals surface area (Å²) in [6.07, 6.45) is 0.522. The lowest BCUT2D eigenvalue weighted by Crippen LogP contribution is -2.73. The fourth-order valence-corrected chi connectivity index (χ4v) is 2.56. The third-order valence-electron chi connectivity index (χ3n) is 4.79. The molecule has 0 spiro atoms. The number of amides is 1. The van der Waals surface area contributed by atoms with Crippen molar-refractivity contribution in [2.75, 3.05) is 6.54 Å². The van der Waals surface area contributed by atoms with Crippen molar-refractivity contribution in [1.82, 2.24) is 5.32 Å². The molecule has 0 bridgehead atoms. The molecule has 0 unspecified atom stereocenters. The van der Waals surface area contributed by atoms with Gasteiger partial charge in [0.2, 0.25) is 0 Å². The molecule has 1 aromatic rings. The van der Waals surface area contributed by atoms with Gasteiger partial charge in [-0.05, 0) is 12.0 Å². The number of carbonyl (C=O) groups is 2. The van der Waals surface area contributed by atoms with Crippen molar-refractivity contribution >= 4 is 11.9 Å². The molecule has 0 heterocycles. The summed E-state index contributed by atoms with van der Waals surface area (Å²) in [6, 6.07) is 6.03. The summed E-state index contributed by atoms with van der Waals surface area (Å²) in [5.74, 6) is -51.7. The third-order valence-corrected chi connectivity index (χ3v) is 4.79. The van der Waals surface area contributed by atoms with E-state index >= 15 is 0 Å². The van der Waals surface area contributed by atoms with Gasteiger partial charge in [-0.2, -0.15) is 52.7 Å². The van der Waals surface area contributed by atoms with Gasteiger partial charge in [-0.25, -0.2) is 4.79 Å². The molecular formula is C20H19F12NO3. The number of nitrogens with one attached hydrogen (secondary N) is 1. The van der Waals surface area contributed by atoms with Crippen LogP contribution in [0.25, 0.3) is 0 Å². The van der Waals surface area contributed by atoms with Crippen molar-refractivity contribution in [2.24, 2.45) is 0 Å². The van der Waals surface area contributed by atoms with Gasteiger partial charge in [-0.1, -0.05) is 50.1 Å².